The van der Waals surface area contributed by atoms with Crippen LogP contribution in [0.5, 0.6) is 5.75 Å². The van der Waals surface area contributed by atoms with E-state index in [1.54, 1.807) is 36.4 Å². The average molecular weight is 229 g/mol. The van der Waals surface area contributed by atoms with Crippen molar-refractivity contribution in [3.8, 4) is 5.75 Å². The van der Waals surface area contributed by atoms with Crippen LogP contribution in [0.2, 0.25) is 0 Å². The quantitative estimate of drug-likeness (QED) is 0.628. The van der Waals surface area contributed by atoms with Crippen molar-refractivity contribution < 1.29 is 14.3 Å². The van der Waals surface area contributed by atoms with E-state index in [0.717, 1.165) is 0 Å². The Morgan fingerprint density at radius 2 is 2.06 bits per heavy atom. The number of rotatable bonds is 3. The van der Waals surface area contributed by atoms with E-state index in [0.29, 0.717) is 11.4 Å². The van der Waals surface area contributed by atoms with Crippen molar-refractivity contribution in [3.05, 3.63) is 54.5 Å². The summed E-state index contributed by atoms with van der Waals surface area (Å²) in [6, 6.07) is 10.0. The SMILES string of the molecule is O=C(/C=C/c1ccco1)Nc1ccccc1O. The van der Waals surface area contributed by atoms with Crippen LogP contribution in [-0.4, -0.2) is 11.0 Å². The van der Waals surface area contributed by atoms with Gasteiger partial charge >= 0.3 is 0 Å². The molecule has 4 nitrogen and oxygen atoms in total. The fraction of sp³-hybridized carbons (Fsp3) is 0. The molecule has 0 fully saturated rings. The normalized spacial score (nSPS) is 10.6. The van der Waals surface area contributed by atoms with E-state index in [9.17, 15) is 9.90 Å². The van der Waals surface area contributed by atoms with Gasteiger partial charge in [0.1, 0.15) is 11.5 Å². The number of phenolic OH excluding ortho intramolecular Hbond substituents is 1. The zero-order valence-corrected chi connectivity index (χ0v) is 8.96. The molecule has 0 saturated heterocycles. The van der Waals surface area contributed by atoms with Crippen LogP contribution >= 0.6 is 0 Å². The molecule has 86 valence electrons. The maximum atomic E-state index is 11.5. The Labute approximate surface area is 98.2 Å². The summed E-state index contributed by atoms with van der Waals surface area (Å²) < 4.78 is 5.04. The molecule has 1 aromatic carbocycles. The van der Waals surface area contributed by atoms with Crippen molar-refractivity contribution in [3.63, 3.8) is 0 Å². The molecular weight excluding hydrogens is 218 g/mol. The molecule has 0 aliphatic heterocycles. The molecule has 0 spiro atoms. The number of carbonyl (C=O) groups excluding carboxylic acids is 1. The Morgan fingerprint density at radius 3 is 2.76 bits per heavy atom. The number of nitrogens with one attached hydrogen (secondary N) is 1. The van der Waals surface area contributed by atoms with Crippen molar-refractivity contribution in [2.24, 2.45) is 0 Å². The van der Waals surface area contributed by atoms with E-state index in [2.05, 4.69) is 5.32 Å². The summed E-state index contributed by atoms with van der Waals surface area (Å²) in [5.74, 6) is 0.299. The number of anilines is 1. The molecule has 0 atom stereocenters. The summed E-state index contributed by atoms with van der Waals surface area (Å²) in [7, 11) is 0. The first kappa shape index (κ1) is 11.0. The van der Waals surface area contributed by atoms with Crippen LogP contribution in [0.4, 0.5) is 5.69 Å². The third kappa shape index (κ3) is 2.98. The lowest BCUT2D eigenvalue weighted by Gasteiger charge is -2.03. The maximum absolute atomic E-state index is 11.5. The molecule has 0 radical (unpaired) electrons. The fourth-order valence-corrected chi connectivity index (χ4v) is 1.30. The van der Waals surface area contributed by atoms with Crippen molar-refractivity contribution >= 4 is 17.7 Å². The van der Waals surface area contributed by atoms with Crippen LogP contribution in [0.3, 0.4) is 0 Å². The first-order valence-electron chi connectivity index (χ1n) is 5.06. The fourth-order valence-electron chi connectivity index (χ4n) is 1.30. The molecule has 2 rings (SSSR count). The van der Waals surface area contributed by atoms with Gasteiger partial charge in [-0.15, -0.1) is 0 Å². The van der Waals surface area contributed by atoms with E-state index in [-0.39, 0.29) is 11.7 Å². The van der Waals surface area contributed by atoms with E-state index in [4.69, 9.17) is 4.42 Å². The largest absolute Gasteiger partial charge is 0.506 e. The Hall–Kier alpha value is -2.49. The zero-order valence-electron chi connectivity index (χ0n) is 8.96. The molecule has 2 N–H and O–H groups in total. The first-order valence-corrected chi connectivity index (χ1v) is 5.06. The van der Waals surface area contributed by atoms with Gasteiger partial charge in [-0.25, -0.2) is 0 Å². The first-order chi connectivity index (χ1) is 8.25. The Kier molecular flexibility index (Phi) is 3.25. The molecule has 0 saturated carbocycles. The molecule has 1 heterocycles. The van der Waals surface area contributed by atoms with Crippen LogP contribution in [0, 0.1) is 0 Å². The number of furan rings is 1. The monoisotopic (exact) mass is 229 g/mol. The molecule has 2 aromatic rings. The topological polar surface area (TPSA) is 62.5 Å². The molecule has 0 aliphatic rings. The highest BCUT2D eigenvalue weighted by Crippen LogP contribution is 2.21. The number of para-hydroxylation sites is 2. The lowest BCUT2D eigenvalue weighted by molar-refractivity contribution is -0.111. The second-order valence-corrected chi connectivity index (χ2v) is 3.36. The second kappa shape index (κ2) is 5.03. The van der Waals surface area contributed by atoms with Crippen LogP contribution in [0.25, 0.3) is 6.08 Å². The van der Waals surface area contributed by atoms with E-state index in [1.807, 2.05) is 0 Å². The van der Waals surface area contributed by atoms with E-state index < -0.39 is 0 Å². The second-order valence-electron chi connectivity index (χ2n) is 3.36. The van der Waals surface area contributed by atoms with Crippen LogP contribution in [0.15, 0.2) is 53.2 Å². The molecule has 1 amide bonds. The molecule has 0 unspecified atom stereocenters. The lowest BCUT2D eigenvalue weighted by atomic mass is 10.3. The molecule has 1 aromatic heterocycles. The Balaban J connectivity index is 2.01. The van der Waals surface area contributed by atoms with Crippen molar-refractivity contribution in [2.75, 3.05) is 5.32 Å². The summed E-state index contributed by atoms with van der Waals surface area (Å²) in [6.45, 7) is 0. The Morgan fingerprint density at radius 1 is 1.24 bits per heavy atom. The van der Waals surface area contributed by atoms with E-state index >= 15 is 0 Å². The zero-order chi connectivity index (χ0) is 12.1. The summed E-state index contributed by atoms with van der Waals surface area (Å²) in [4.78, 5) is 11.5. The number of benzene rings is 1. The summed E-state index contributed by atoms with van der Waals surface area (Å²) >= 11 is 0. The van der Waals surface area contributed by atoms with Crippen LogP contribution in [0.1, 0.15) is 5.76 Å². The highest BCUT2D eigenvalue weighted by Gasteiger charge is 2.02. The van der Waals surface area contributed by atoms with Crippen molar-refractivity contribution in [1.82, 2.24) is 0 Å². The molecule has 0 aliphatic carbocycles. The molecule has 0 bridgehead atoms. The van der Waals surface area contributed by atoms with Crippen molar-refractivity contribution in [2.45, 2.75) is 0 Å². The summed E-state index contributed by atoms with van der Waals surface area (Å²) in [6.07, 6.45) is 4.42. The minimum atomic E-state index is -0.331. The van der Waals surface area contributed by atoms with Crippen molar-refractivity contribution in [1.29, 1.82) is 0 Å². The lowest BCUT2D eigenvalue weighted by Crippen LogP contribution is -2.07. The van der Waals surface area contributed by atoms with Gasteiger partial charge in [-0.2, -0.15) is 0 Å². The third-order valence-electron chi connectivity index (χ3n) is 2.10. The number of hydrogen-bond donors (Lipinski definition) is 2. The van der Waals surface area contributed by atoms with Gasteiger partial charge in [0, 0.05) is 6.08 Å². The predicted octanol–water partition coefficient (Wildman–Crippen LogP) is 2.64. The number of hydrogen-bond acceptors (Lipinski definition) is 3. The van der Waals surface area contributed by atoms with Crippen LogP contribution in [-0.2, 0) is 4.79 Å². The number of aromatic hydroxyl groups is 1. The summed E-state index contributed by atoms with van der Waals surface area (Å²) in [5.41, 5.74) is 0.376. The number of amides is 1. The van der Waals surface area contributed by atoms with E-state index in [1.165, 1.54) is 18.4 Å². The van der Waals surface area contributed by atoms with Gasteiger partial charge in [0.2, 0.25) is 5.91 Å². The average Bonchev–Trinajstić information content (AvgIpc) is 2.82. The van der Waals surface area contributed by atoms with Gasteiger partial charge in [-0.3, -0.25) is 4.79 Å². The minimum Gasteiger partial charge on any atom is -0.506 e. The number of phenols is 1. The van der Waals surface area contributed by atoms with Gasteiger partial charge in [-0.1, -0.05) is 12.1 Å². The van der Waals surface area contributed by atoms with Gasteiger partial charge in [-0.05, 0) is 30.3 Å². The predicted molar refractivity (Wildman–Crippen MR) is 64.5 cm³/mol. The molecular formula is C13H11NO3. The van der Waals surface area contributed by atoms with Gasteiger partial charge in [0.15, 0.2) is 0 Å². The molecule has 4 heteroatoms. The van der Waals surface area contributed by atoms with Crippen LogP contribution < -0.4 is 5.32 Å². The Bertz CT molecular complexity index is 529. The van der Waals surface area contributed by atoms with Gasteiger partial charge < -0.3 is 14.8 Å². The number of carbonyl (C=O) groups is 1. The molecule has 17 heavy (non-hydrogen) atoms. The standard InChI is InChI=1S/C13H11NO3/c15-12-6-2-1-5-11(12)14-13(16)8-7-10-4-3-9-17-10/h1-9,15H,(H,14,16)/b8-7+. The van der Waals surface area contributed by atoms with Gasteiger partial charge in [0.25, 0.3) is 0 Å². The highest BCUT2D eigenvalue weighted by atomic mass is 16.3. The van der Waals surface area contributed by atoms with Gasteiger partial charge in [0.05, 0.1) is 12.0 Å². The maximum Gasteiger partial charge on any atom is 0.248 e. The third-order valence-corrected chi connectivity index (χ3v) is 2.10. The summed E-state index contributed by atoms with van der Waals surface area (Å²) in [5, 5.41) is 12.0. The smallest absolute Gasteiger partial charge is 0.248 e. The highest BCUT2D eigenvalue weighted by molar-refractivity contribution is 6.02. The minimum absolute atomic E-state index is 0.0345.